The Balaban J connectivity index is 1.42. The number of carbonyl (C=O) groups is 1. The third-order valence-corrected chi connectivity index (χ3v) is 12.7. The first-order chi connectivity index (χ1) is 19.8. The Kier molecular flexibility index (Phi) is 8.34. The van der Waals surface area contributed by atoms with E-state index in [0.29, 0.717) is 6.61 Å². The van der Waals surface area contributed by atoms with Gasteiger partial charge in [-0.1, -0.05) is 136 Å². The highest BCUT2D eigenvalue weighted by Crippen LogP contribution is 2.37. The molecule has 0 unspecified atom stereocenters. The maximum Gasteiger partial charge on any atom is 0.261 e. The molecule has 0 saturated heterocycles. The van der Waals surface area contributed by atoms with Crippen molar-refractivity contribution in [2.45, 2.75) is 39.3 Å². The lowest BCUT2D eigenvalue weighted by molar-refractivity contribution is -0.111. The number of para-hydroxylation sites is 1. The number of nitrogens with one attached hydrogen (secondary N) is 1. The molecule has 0 aliphatic heterocycles. The highest BCUT2D eigenvalue weighted by Gasteiger charge is 2.50. The number of allylic oxidation sites excluding steroid dienone is 1. The Bertz CT molecular complexity index is 1630. The monoisotopic (exact) mass is 555 g/mol. The van der Waals surface area contributed by atoms with Crippen LogP contribution in [-0.4, -0.2) is 14.2 Å². The lowest BCUT2D eigenvalue weighted by Gasteiger charge is -2.43. The van der Waals surface area contributed by atoms with Crippen molar-refractivity contribution in [1.82, 2.24) is 0 Å². The zero-order valence-corrected chi connectivity index (χ0v) is 25.2. The molecular formula is C37H37NO2Si. The molecule has 0 fully saturated rings. The Morgan fingerprint density at radius 1 is 0.732 bits per heavy atom. The molecule has 0 atom stereocenters. The van der Waals surface area contributed by atoms with Gasteiger partial charge in [-0.15, -0.1) is 0 Å². The van der Waals surface area contributed by atoms with Crippen LogP contribution in [0.4, 0.5) is 5.69 Å². The summed E-state index contributed by atoms with van der Waals surface area (Å²) in [4.78, 5) is 13.2. The van der Waals surface area contributed by atoms with Crippen LogP contribution in [0.15, 0.2) is 133 Å². The molecule has 5 aromatic carbocycles. The second-order valence-corrected chi connectivity index (χ2v) is 15.8. The molecule has 3 nitrogen and oxygen atoms in total. The number of fused-ring (bicyclic) bond motifs is 1. The molecule has 5 rings (SSSR count). The number of rotatable bonds is 8. The Morgan fingerprint density at radius 3 is 1.93 bits per heavy atom. The number of anilines is 1. The van der Waals surface area contributed by atoms with Gasteiger partial charge in [0.2, 0.25) is 5.91 Å². The molecule has 1 amide bonds. The zero-order valence-electron chi connectivity index (χ0n) is 24.2. The van der Waals surface area contributed by atoms with Crippen molar-refractivity contribution >= 4 is 46.6 Å². The average Bonchev–Trinajstić information content (AvgIpc) is 2.98. The summed E-state index contributed by atoms with van der Waals surface area (Å²) in [7, 11) is -2.71. The molecule has 0 spiro atoms. The molecule has 0 bridgehead atoms. The molecule has 206 valence electrons. The van der Waals surface area contributed by atoms with E-state index in [1.165, 1.54) is 15.8 Å². The van der Waals surface area contributed by atoms with Crippen LogP contribution in [-0.2, 0) is 15.8 Å². The van der Waals surface area contributed by atoms with Crippen LogP contribution in [0.25, 0.3) is 16.3 Å². The first-order valence-corrected chi connectivity index (χ1v) is 16.0. The predicted octanol–water partition coefficient (Wildman–Crippen LogP) is 7.96. The van der Waals surface area contributed by atoms with Gasteiger partial charge < -0.3 is 9.74 Å². The molecule has 0 aliphatic carbocycles. The fourth-order valence-corrected chi connectivity index (χ4v) is 10.1. The summed E-state index contributed by atoms with van der Waals surface area (Å²) < 4.78 is 7.14. The van der Waals surface area contributed by atoms with Crippen LogP contribution in [0, 0.1) is 0 Å². The Morgan fingerprint density at radius 2 is 1.29 bits per heavy atom. The summed E-state index contributed by atoms with van der Waals surface area (Å²) in [6.07, 6.45) is 1.67. The lowest BCUT2D eigenvalue weighted by atomic mass is 10.0. The summed E-state index contributed by atoms with van der Waals surface area (Å²) in [6.45, 7) is 9.17. The molecule has 4 heteroatoms. The van der Waals surface area contributed by atoms with Gasteiger partial charge in [0, 0.05) is 17.3 Å². The number of benzene rings is 5. The van der Waals surface area contributed by atoms with E-state index in [2.05, 4.69) is 117 Å². The van der Waals surface area contributed by atoms with Gasteiger partial charge in [0.15, 0.2) is 0 Å². The van der Waals surface area contributed by atoms with E-state index < -0.39 is 8.32 Å². The third kappa shape index (κ3) is 6.09. The van der Waals surface area contributed by atoms with E-state index in [1.54, 1.807) is 6.08 Å². The van der Waals surface area contributed by atoms with Gasteiger partial charge in [0.25, 0.3) is 8.32 Å². The van der Waals surface area contributed by atoms with Gasteiger partial charge in [0.05, 0.1) is 6.61 Å². The second-order valence-electron chi connectivity index (χ2n) is 11.5. The fraction of sp³-hybridized carbons (Fsp3) is 0.162. The van der Waals surface area contributed by atoms with Crippen molar-refractivity contribution in [3.05, 3.63) is 145 Å². The maximum atomic E-state index is 13.2. The smallest absolute Gasteiger partial charge is 0.261 e. The van der Waals surface area contributed by atoms with E-state index in [9.17, 15) is 4.79 Å². The fourth-order valence-electron chi connectivity index (χ4n) is 5.60. The topological polar surface area (TPSA) is 38.3 Å². The molecule has 0 saturated carbocycles. The number of hydrogen-bond donors (Lipinski definition) is 1. The van der Waals surface area contributed by atoms with Gasteiger partial charge >= 0.3 is 0 Å². The van der Waals surface area contributed by atoms with Gasteiger partial charge in [-0.3, -0.25) is 4.79 Å². The highest BCUT2D eigenvalue weighted by atomic mass is 28.4. The van der Waals surface area contributed by atoms with Crippen LogP contribution in [0.1, 0.15) is 38.8 Å². The van der Waals surface area contributed by atoms with Crippen molar-refractivity contribution in [2.24, 2.45) is 0 Å². The highest BCUT2D eigenvalue weighted by molar-refractivity contribution is 6.99. The van der Waals surface area contributed by atoms with E-state index in [1.807, 2.05) is 43.3 Å². The summed E-state index contributed by atoms with van der Waals surface area (Å²) >= 11 is 0. The lowest BCUT2D eigenvalue weighted by Crippen LogP contribution is -2.66. The average molecular weight is 556 g/mol. The molecule has 5 aromatic rings. The summed E-state index contributed by atoms with van der Waals surface area (Å²) in [5.74, 6) is -0.159. The van der Waals surface area contributed by atoms with E-state index in [0.717, 1.165) is 27.8 Å². The first-order valence-electron chi connectivity index (χ1n) is 14.1. The molecule has 41 heavy (non-hydrogen) atoms. The Labute approximate surface area is 244 Å². The van der Waals surface area contributed by atoms with Crippen LogP contribution < -0.4 is 15.7 Å². The molecule has 0 aliphatic rings. The minimum absolute atomic E-state index is 0.131. The normalized spacial score (nSPS) is 12.3. The number of hydrogen-bond acceptors (Lipinski definition) is 2. The van der Waals surface area contributed by atoms with Gasteiger partial charge in [-0.25, -0.2) is 0 Å². The zero-order chi connectivity index (χ0) is 28.9. The third-order valence-electron chi connectivity index (χ3n) is 7.69. The Hall–Kier alpha value is -4.25. The summed E-state index contributed by atoms with van der Waals surface area (Å²) in [5, 5.41) is 7.79. The quantitative estimate of drug-likeness (QED) is 0.156. The molecule has 1 N–H and O–H groups in total. The van der Waals surface area contributed by atoms with Crippen LogP contribution in [0.5, 0.6) is 0 Å². The van der Waals surface area contributed by atoms with E-state index in [4.69, 9.17) is 4.43 Å². The minimum Gasteiger partial charge on any atom is -0.403 e. The standard InChI is InChI=1S/C37H37NO2Si/c1-28(30-24-23-29-15-11-12-16-31(29)26-30)25-36(39)38-35-22-14-13-17-32(35)27-40-41(37(2,3)4,33-18-7-5-8-19-33)34-20-9-6-10-21-34/h5-26H,27H2,1-4H3,(H,38,39). The van der Waals surface area contributed by atoms with Gasteiger partial charge in [0.1, 0.15) is 0 Å². The maximum absolute atomic E-state index is 13.2. The SMILES string of the molecule is CC(=CC(=O)Nc1ccccc1CO[Si](c1ccccc1)(c1ccccc1)C(C)(C)C)c1ccc2ccccc2c1. The number of amides is 1. The van der Waals surface area contributed by atoms with Crippen LogP contribution in [0.3, 0.4) is 0 Å². The molecule has 0 heterocycles. The van der Waals surface area contributed by atoms with Crippen molar-refractivity contribution in [2.75, 3.05) is 5.32 Å². The largest absolute Gasteiger partial charge is 0.403 e. The van der Waals surface area contributed by atoms with E-state index in [-0.39, 0.29) is 10.9 Å². The van der Waals surface area contributed by atoms with E-state index >= 15 is 0 Å². The molecule has 0 aromatic heterocycles. The summed E-state index contributed by atoms with van der Waals surface area (Å²) in [6, 6.07) is 43.7. The minimum atomic E-state index is -2.71. The van der Waals surface area contributed by atoms with Gasteiger partial charge in [-0.2, -0.15) is 0 Å². The van der Waals surface area contributed by atoms with Crippen LogP contribution >= 0.6 is 0 Å². The predicted molar refractivity (Wildman–Crippen MR) is 175 cm³/mol. The van der Waals surface area contributed by atoms with Crippen LogP contribution in [0.2, 0.25) is 5.04 Å². The van der Waals surface area contributed by atoms with Gasteiger partial charge in [-0.05, 0) is 56.4 Å². The molecule has 0 radical (unpaired) electrons. The van der Waals surface area contributed by atoms with Crippen molar-refractivity contribution in [3.63, 3.8) is 0 Å². The molecular weight excluding hydrogens is 518 g/mol. The number of carbonyl (C=O) groups excluding carboxylic acids is 1. The first kappa shape index (κ1) is 28.3. The van der Waals surface area contributed by atoms with Crippen molar-refractivity contribution in [1.29, 1.82) is 0 Å². The van der Waals surface area contributed by atoms with Crippen molar-refractivity contribution < 1.29 is 9.22 Å². The summed E-state index contributed by atoms with van der Waals surface area (Å²) in [5.41, 5.74) is 3.65. The second kappa shape index (κ2) is 12.1. The van der Waals surface area contributed by atoms with Crippen molar-refractivity contribution in [3.8, 4) is 0 Å².